The number of hydrogen-bond donors (Lipinski definition) is 1. The molecule has 0 rings (SSSR count). The molecule has 0 saturated heterocycles. The van der Waals surface area contributed by atoms with Crippen molar-refractivity contribution in [3.05, 3.63) is 12.3 Å². The molecule has 0 aromatic heterocycles. The molecule has 54 valence electrons. The highest BCUT2D eigenvalue weighted by Crippen LogP contribution is 2.17. The SMILES string of the molecule is C=C[SiH](O)C(CC)CC. The van der Waals surface area contributed by atoms with Gasteiger partial charge in [-0.1, -0.05) is 32.4 Å². The lowest BCUT2D eigenvalue weighted by Gasteiger charge is -2.13. The third-order valence-corrected chi connectivity index (χ3v) is 4.16. The third kappa shape index (κ3) is 2.82. The van der Waals surface area contributed by atoms with E-state index in [0.29, 0.717) is 5.54 Å². The Morgan fingerprint density at radius 1 is 1.56 bits per heavy atom. The Labute approximate surface area is 59.1 Å². The second-order valence-electron chi connectivity index (χ2n) is 2.30. The lowest BCUT2D eigenvalue weighted by atomic mass is 10.3. The Bertz CT molecular complexity index is 79.0. The monoisotopic (exact) mass is 144 g/mol. The topological polar surface area (TPSA) is 20.2 Å². The minimum Gasteiger partial charge on any atom is -0.431 e. The van der Waals surface area contributed by atoms with Crippen molar-refractivity contribution < 1.29 is 4.80 Å². The minimum atomic E-state index is -1.53. The van der Waals surface area contributed by atoms with Gasteiger partial charge in [-0.3, -0.25) is 0 Å². The molecule has 2 heteroatoms. The van der Waals surface area contributed by atoms with Crippen molar-refractivity contribution in [2.24, 2.45) is 0 Å². The van der Waals surface area contributed by atoms with Crippen molar-refractivity contribution in [1.29, 1.82) is 0 Å². The highest BCUT2D eigenvalue weighted by Gasteiger charge is 2.12. The van der Waals surface area contributed by atoms with Crippen LogP contribution in [0.15, 0.2) is 12.3 Å². The zero-order chi connectivity index (χ0) is 7.28. The lowest BCUT2D eigenvalue weighted by molar-refractivity contribution is 0.543. The Morgan fingerprint density at radius 2 is 2.00 bits per heavy atom. The molecule has 1 nitrogen and oxygen atoms in total. The summed E-state index contributed by atoms with van der Waals surface area (Å²) in [6, 6.07) is 0. The van der Waals surface area contributed by atoms with Crippen molar-refractivity contribution >= 4 is 9.04 Å². The van der Waals surface area contributed by atoms with Gasteiger partial charge in [0.1, 0.15) is 0 Å². The Hall–Kier alpha value is -0.0831. The van der Waals surface area contributed by atoms with E-state index < -0.39 is 9.04 Å². The Morgan fingerprint density at radius 3 is 2.11 bits per heavy atom. The highest BCUT2D eigenvalue weighted by atomic mass is 28.3. The fourth-order valence-electron chi connectivity index (χ4n) is 0.964. The van der Waals surface area contributed by atoms with Crippen molar-refractivity contribution in [2.45, 2.75) is 32.2 Å². The molecular formula is C7H16OSi. The molecule has 0 heterocycles. The molecule has 0 saturated carbocycles. The molecule has 0 aromatic rings. The van der Waals surface area contributed by atoms with Crippen molar-refractivity contribution in [1.82, 2.24) is 0 Å². The van der Waals surface area contributed by atoms with Crippen LogP contribution < -0.4 is 0 Å². The Kier molecular flexibility index (Phi) is 4.72. The van der Waals surface area contributed by atoms with Crippen LogP contribution in [0.25, 0.3) is 0 Å². The van der Waals surface area contributed by atoms with Crippen LogP contribution in [0.5, 0.6) is 0 Å². The summed E-state index contributed by atoms with van der Waals surface area (Å²) in [5.41, 5.74) is 2.29. The third-order valence-electron chi connectivity index (χ3n) is 1.77. The highest BCUT2D eigenvalue weighted by molar-refractivity contribution is 6.57. The maximum absolute atomic E-state index is 9.34. The molecule has 0 aromatic carbocycles. The van der Waals surface area contributed by atoms with Crippen LogP contribution in [-0.2, 0) is 0 Å². The standard InChI is InChI=1S/C7H16OSi/c1-4-7(5-2)9(8)6-3/h6-9H,3-5H2,1-2H3. The first-order valence-corrected chi connectivity index (χ1v) is 5.41. The van der Waals surface area contributed by atoms with Crippen LogP contribution in [0.1, 0.15) is 26.7 Å². The average Bonchev–Trinajstić information content (AvgIpc) is 1.90. The Balaban J connectivity index is 3.63. The van der Waals surface area contributed by atoms with Crippen LogP contribution in [-0.4, -0.2) is 13.8 Å². The molecule has 1 atom stereocenters. The van der Waals surface area contributed by atoms with E-state index in [2.05, 4.69) is 20.4 Å². The van der Waals surface area contributed by atoms with E-state index in [1.54, 1.807) is 5.70 Å². The van der Waals surface area contributed by atoms with Gasteiger partial charge in [0.05, 0.1) is 0 Å². The number of hydrogen-bond acceptors (Lipinski definition) is 1. The van der Waals surface area contributed by atoms with E-state index in [0.717, 1.165) is 12.8 Å². The summed E-state index contributed by atoms with van der Waals surface area (Å²) in [4.78, 5) is 9.34. The summed E-state index contributed by atoms with van der Waals surface area (Å²) < 4.78 is 0. The second kappa shape index (κ2) is 4.76. The van der Waals surface area contributed by atoms with Crippen LogP contribution in [0.4, 0.5) is 0 Å². The predicted molar refractivity (Wildman–Crippen MR) is 43.9 cm³/mol. The van der Waals surface area contributed by atoms with Crippen LogP contribution >= 0.6 is 0 Å². The molecule has 0 spiro atoms. The van der Waals surface area contributed by atoms with Gasteiger partial charge in [0.25, 0.3) is 0 Å². The minimum absolute atomic E-state index is 0.544. The van der Waals surface area contributed by atoms with Gasteiger partial charge in [-0.25, -0.2) is 0 Å². The van der Waals surface area contributed by atoms with E-state index in [9.17, 15) is 4.80 Å². The van der Waals surface area contributed by atoms with Gasteiger partial charge in [0.2, 0.25) is 0 Å². The molecule has 0 bridgehead atoms. The summed E-state index contributed by atoms with van der Waals surface area (Å²) in [6.45, 7) is 7.83. The van der Waals surface area contributed by atoms with E-state index in [1.807, 2.05) is 0 Å². The molecule has 0 aliphatic carbocycles. The fraction of sp³-hybridized carbons (Fsp3) is 0.714. The molecular weight excluding hydrogens is 128 g/mol. The van der Waals surface area contributed by atoms with E-state index in [4.69, 9.17) is 0 Å². The van der Waals surface area contributed by atoms with Gasteiger partial charge in [-0.05, 0) is 5.54 Å². The molecule has 9 heavy (non-hydrogen) atoms. The molecule has 1 unspecified atom stereocenters. The van der Waals surface area contributed by atoms with E-state index in [1.165, 1.54) is 0 Å². The molecule has 0 radical (unpaired) electrons. The van der Waals surface area contributed by atoms with Crippen molar-refractivity contribution in [3.63, 3.8) is 0 Å². The summed E-state index contributed by atoms with van der Waals surface area (Å²) in [6.07, 6.45) is 2.19. The summed E-state index contributed by atoms with van der Waals surface area (Å²) in [7, 11) is -1.53. The van der Waals surface area contributed by atoms with Crippen LogP contribution in [0.2, 0.25) is 5.54 Å². The van der Waals surface area contributed by atoms with Gasteiger partial charge in [-0.15, -0.1) is 6.58 Å². The van der Waals surface area contributed by atoms with Gasteiger partial charge >= 0.3 is 0 Å². The summed E-state index contributed by atoms with van der Waals surface area (Å²) in [5, 5.41) is 0. The second-order valence-corrected chi connectivity index (χ2v) is 4.70. The van der Waals surface area contributed by atoms with Crippen LogP contribution in [0, 0.1) is 0 Å². The van der Waals surface area contributed by atoms with E-state index >= 15 is 0 Å². The van der Waals surface area contributed by atoms with Gasteiger partial charge in [0.15, 0.2) is 9.04 Å². The lowest BCUT2D eigenvalue weighted by Crippen LogP contribution is -2.16. The first-order valence-electron chi connectivity index (χ1n) is 3.56. The van der Waals surface area contributed by atoms with Crippen molar-refractivity contribution in [3.8, 4) is 0 Å². The maximum Gasteiger partial charge on any atom is 0.199 e. The predicted octanol–water partition coefficient (Wildman–Crippen LogP) is 1.62. The zero-order valence-corrected chi connectivity index (χ0v) is 7.46. The van der Waals surface area contributed by atoms with Gasteiger partial charge < -0.3 is 4.80 Å². The zero-order valence-electron chi connectivity index (χ0n) is 6.30. The first-order chi connectivity index (χ1) is 4.26. The van der Waals surface area contributed by atoms with Crippen LogP contribution in [0.3, 0.4) is 0 Å². The molecule has 1 N–H and O–H groups in total. The molecule has 0 aliphatic heterocycles. The normalized spacial score (nSPS) is 13.8. The molecule has 0 amide bonds. The maximum atomic E-state index is 9.34. The molecule has 0 fully saturated rings. The fourth-order valence-corrected chi connectivity index (χ4v) is 2.31. The van der Waals surface area contributed by atoms with Gasteiger partial charge in [-0.2, -0.15) is 0 Å². The summed E-state index contributed by atoms with van der Waals surface area (Å²) >= 11 is 0. The van der Waals surface area contributed by atoms with E-state index in [-0.39, 0.29) is 0 Å². The summed E-state index contributed by atoms with van der Waals surface area (Å²) in [5.74, 6) is 0. The smallest absolute Gasteiger partial charge is 0.199 e. The largest absolute Gasteiger partial charge is 0.431 e. The number of rotatable bonds is 4. The first kappa shape index (κ1) is 8.92. The van der Waals surface area contributed by atoms with Gasteiger partial charge in [0, 0.05) is 0 Å². The van der Waals surface area contributed by atoms with Crippen molar-refractivity contribution in [2.75, 3.05) is 0 Å². The average molecular weight is 144 g/mol. The molecule has 0 aliphatic rings. The quantitative estimate of drug-likeness (QED) is 0.594.